The minimum absolute atomic E-state index is 0.0943. The van der Waals surface area contributed by atoms with Crippen LogP contribution < -0.4 is 5.32 Å². The number of carbonyl (C=O) groups is 2. The van der Waals surface area contributed by atoms with E-state index in [1.165, 1.54) is 25.0 Å². The summed E-state index contributed by atoms with van der Waals surface area (Å²) in [7, 11) is 0. The number of carbonyl (C=O) groups excluding carboxylic acids is 1. The fourth-order valence-electron chi connectivity index (χ4n) is 3.60. The van der Waals surface area contributed by atoms with Gasteiger partial charge in [-0.3, -0.25) is 9.59 Å². The Kier molecular flexibility index (Phi) is 6.57. The number of hydrogen-bond acceptors (Lipinski definition) is 4. The molecule has 1 aromatic heterocycles. The number of carboxylic acid groups (broad SMARTS) is 1. The van der Waals surface area contributed by atoms with Gasteiger partial charge in [0, 0.05) is 17.0 Å². The Hall–Kier alpha value is -3.25. The lowest BCUT2D eigenvalue weighted by Crippen LogP contribution is -2.16. The van der Waals surface area contributed by atoms with Gasteiger partial charge in [0.05, 0.1) is 18.5 Å². The van der Waals surface area contributed by atoms with Crippen molar-refractivity contribution >= 4 is 41.1 Å². The molecule has 0 spiro atoms. The first kappa shape index (κ1) is 21.0. The number of anilines is 1. The molecule has 0 aliphatic heterocycles. The minimum atomic E-state index is -0.910. The van der Waals surface area contributed by atoms with Crippen molar-refractivity contribution in [3.8, 4) is 0 Å². The zero-order valence-electron chi connectivity index (χ0n) is 17.1. The fourth-order valence-corrected chi connectivity index (χ4v) is 4.39. The summed E-state index contributed by atoms with van der Waals surface area (Å²) in [6.45, 7) is 0. The van der Waals surface area contributed by atoms with Gasteiger partial charge in [0.15, 0.2) is 0 Å². The first-order chi connectivity index (χ1) is 15.1. The van der Waals surface area contributed by atoms with Crippen molar-refractivity contribution in [2.45, 2.75) is 38.0 Å². The van der Waals surface area contributed by atoms with Crippen LogP contribution in [0.2, 0.25) is 0 Å². The Bertz CT molecular complexity index is 1120. The molecule has 0 unspecified atom stereocenters. The zero-order chi connectivity index (χ0) is 21.6. The van der Waals surface area contributed by atoms with Crippen LogP contribution in [0.1, 0.15) is 52.6 Å². The largest absolute Gasteiger partial charge is 0.481 e. The molecule has 4 rings (SSSR count). The monoisotopic (exact) mass is 432 g/mol. The van der Waals surface area contributed by atoms with Crippen LogP contribution in [-0.4, -0.2) is 22.0 Å². The number of hydrogen-bond donors (Lipinski definition) is 2. The van der Waals surface area contributed by atoms with Crippen LogP contribution in [-0.2, 0) is 22.4 Å². The molecule has 0 atom stereocenters. The molecular formula is C25H24N2O3S. The summed E-state index contributed by atoms with van der Waals surface area (Å²) in [5.41, 5.74) is 4.28. The fraction of sp³-hybridized carbons (Fsp3) is 0.240. The van der Waals surface area contributed by atoms with Crippen molar-refractivity contribution in [1.82, 2.24) is 4.98 Å². The van der Waals surface area contributed by atoms with Gasteiger partial charge in [-0.1, -0.05) is 48.9 Å². The van der Waals surface area contributed by atoms with Crippen LogP contribution in [0.25, 0.3) is 12.2 Å². The van der Waals surface area contributed by atoms with E-state index in [-0.39, 0.29) is 18.7 Å². The molecule has 1 saturated carbocycles. The van der Waals surface area contributed by atoms with Gasteiger partial charge in [0.25, 0.3) is 0 Å². The summed E-state index contributed by atoms with van der Waals surface area (Å²) in [6.07, 6.45) is 7.84. The summed E-state index contributed by atoms with van der Waals surface area (Å²) >= 11 is 1.66. The van der Waals surface area contributed by atoms with Crippen molar-refractivity contribution in [3.63, 3.8) is 0 Å². The van der Waals surface area contributed by atoms with Crippen LogP contribution >= 0.6 is 11.3 Å². The molecule has 158 valence electrons. The van der Waals surface area contributed by atoms with Crippen molar-refractivity contribution in [1.29, 1.82) is 0 Å². The zero-order valence-corrected chi connectivity index (χ0v) is 17.9. The maximum absolute atomic E-state index is 12.5. The van der Waals surface area contributed by atoms with Crippen molar-refractivity contribution in [3.05, 3.63) is 81.3 Å². The topological polar surface area (TPSA) is 79.3 Å². The molecule has 1 aliphatic carbocycles. The molecule has 0 radical (unpaired) electrons. The number of carboxylic acids is 1. The lowest BCUT2D eigenvalue weighted by Gasteiger charge is -2.22. The molecule has 6 heteroatoms. The van der Waals surface area contributed by atoms with Gasteiger partial charge >= 0.3 is 5.97 Å². The van der Waals surface area contributed by atoms with Crippen molar-refractivity contribution in [2.24, 2.45) is 0 Å². The van der Waals surface area contributed by atoms with E-state index in [4.69, 9.17) is 10.1 Å². The average molecular weight is 433 g/mol. The number of rotatable bonds is 8. The molecule has 1 amide bonds. The van der Waals surface area contributed by atoms with Crippen molar-refractivity contribution < 1.29 is 14.7 Å². The molecule has 1 aliphatic rings. The Balaban J connectivity index is 1.39. The number of amides is 1. The number of nitrogens with zero attached hydrogens (tertiary/aromatic N) is 1. The van der Waals surface area contributed by atoms with E-state index in [0.29, 0.717) is 17.2 Å². The highest BCUT2D eigenvalue weighted by Crippen LogP contribution is 2.36. The highest BCUT2D eigenvalue weighted by Gasteiger charge is 2.21. The lowest BCUT2D eigenvalue weighted by molar-refractivity contribution is -0.136. The standard InChI is InChI=1S/C25H24N2O3S/c28-23(14-19-6-1-2-7-20(19)15-25(29)30)26-21-10-3-5-17(13-21)11-12-24-27-22(16-31-24)18-8-4-9-18/h1-3,5-7,10-13,16,18H,4,8-9,14-15H2,(H,26,28)(H,29,30). The molecule has 1 fully saturated rings. The molecule has 0 saturated heterocycles. The molecule has 1 heterocycles. The first-order valence-corrected chi connectivity index (χ1v) is 11.3. The Labute approximate surface area is 185 Å². The summed E-state index contributed by atoms with van der Waals surface area (Å²) < 4.78 is 0. The first-order valence-electron chi connectivity index (χ1n) is 10.4. The Morgan fingerprint density at radius 3 is 2.55 bits per heavy atom. The number of nitrogens with one attached hydrogen (secondary N) is 1. The number of benzene rings is 2. The van der Waals surface area contributed by atoms with Gasteiger partial charge in [0.1, 0.15) is 5.01 Å². The van der Waals surface area contributed by atoms with E-state index >= 15 is 0 Å². The van der Waals surface area contributed by atoms with Crippen LogP contribution in [0, 0.1) is 0 Å². The number of aromatic nitrogens is 1. The predicted molar refractivity (Wildman–Crippen MR) is 124 cm³/mol. The third-order valence-electron chi connectivity index (χ3n) is 5.46. The highest BCUT2D eigenvalue weighted by molar-refractivity contribution is 7.10. The third-order valence-corrected chi connectivity index (χ3v) is 6.29. The maximum Gasteiger partial charge on any atom is 0.307 e. The van der Waals surface area contributed by atoms with Gasteiger partial charge < -0.3 is 10.4 Å². The maximum atomic E-state index is 12.5. The smallest absolute Gasteiger partial charge is 0.307 e. The van der Waals surface area contributed by atoms with E-state index in [9.17, 15) is 9.59 Å². The summed E-state index contributed by atoms with van der Waals surface area (Å²) in [4.78, 5) is 28.3. The quantitative estimate of drug-likeness (QED) is 0.500. The van der Waals surface area contributed by atoms with Gasteiger partial charge in [-0.15, -0.1) is 11.3 Å². The normalized spacial score (nSPS) is 13.8. The molecule has 2 aromatic carbocycles. The SMILES string of the molecule is O=C(O)Cc1ccccc1CC(=O)Nc1cccc(C=Cc2nc(C3CCC3)cs2)c1. The number of thiazole rings is 1. The van der Waals surface area contributed by atoms with E-state index in [1.807, 2.05) is 42.5 Å². The Morgan fingerprint density at radius 2 is 1.84 bits per heavy atom. The average Bonchev–Trinajstić information content (AvgIpc) is 3.15. The second kappa shape index (κ2) is 9.71. The van der Waals surface area contributed by atoms with Crippen molar-refractivity contribution in [2.75, 3.05) is 5.32 Å². The van der Waals surface area contributed by atoms with E-state index in [0.717, 1.165) is 16.1 Å². The van der Waals surface area contributed by atoms with Gasteiger partial charge in [0.2, 0.25) is 5.91 Å². The minimum Gasteiger partial charge on any atom is -0.481 e. The van der Waals surface area contributed by atoms with Crippen LogP contribution in [0.15, 0.2) is 53.9 Å². The van der Waals surface area contributed by atoms with E-state index in [1.54, 1.807) is 29.5 Å². The predicted octanol–water partition coefficient (Wildman–Crippen LogP) is 5.39. The second-order valence-corrected chi connectivity index (χ2v) is 8.65. The van der Waals surface area contributed by atoms with E-state index < -0.39 is 5.97 Å². The lowest BCUT2D eigenvalue weighted by atomic mass is 9.83. The van der Waals surface area contributed by atoms with Crippen LogP contribution in [0.5, 0.6) is 0 Å². The Morgan fingerprint density at radius 1 is 1.06 bits per heavy atom. The molecular weight excluding hydrogens is 408 g/mol. The molecule has 3 aromatic rings. The second-order valence-electron chi connectivity index (χ2n) is 7.76. The molecule has 0 bridgehead atoms. The molecule has 2 N–H and O–H groups in total. The van der Waals surface area contributed by atoms with Gasteiger partial charge in [-0.2, -0.15) is 0 Å². The highest BCUT2D eigenvalue weighted by atomic mass is 32.1. The third kappa shape index (κ3) is 5.67. The molecule has 5 nitrogen and oxygen atoms in total. The van der Waals surface area contributed by atoms with Crippen LogP contribution in [0.3, 0.4) is 0 Å². The molecule has 31 heavy (non-hydrogen) atoms. The van der Waals surface area contributed by atoms with Crippen LogP contribution in [0.4, 0.5) is 5.69 Å². The summed E-state index contributed by atoms with van der Waals surface area (Å²) in [5.74, 6) is -0.450. The van der Waals surface area contributed by atoms with Gasteiger partial charge in [-0.25, -0.2) is 4.98 Å². The van der Waals surface area contributed by atoms with Gasteiger partial charge in [-0.05, 0) is 47.7 Å². The number of aliphatic carboxylic acids is 1. The summed E-state index contributed by atoms with van der Waals surface area (Å²) in [6, 6.07) is 14.8. The van der Waals surface area contributed by atoms with E-state index in [2.05, 4.69) is 10.7 Å². The summed E-state index contributed by atoms with van der Waals surface area (Å²) in [5, 5.41) is 15.1.